The number of carboxylic acid groups (broad SMARTS) is 1. The lowest BCUT2D eigenvalue weighted by Gasteiger charge is -2.11. The molecule has 3 rings (SSSR count). The summed E-state index contributed by atoms with van der Waals surface area (Å²) in [6, 6.07) is 11.5. The number of benzene rings is 2. The van der Waals surface area contributed by atoms with Crippen LogP contribution in [-0.4, -0.2) is 23.0 Å². The van der Waals surface area contributed by atoms with Crippen molar-refractivity contribution in [2.45, 2.75) is 19.0 Å². The fourth-order valence-corrected chi connectivity index (χ4v) is 4.63. The topological polar surface area (TPSA) is 54.4 Å². The Kier molecular flexibility index (Phi) is 6.96. The molecule has 0 saturated carbocycles. The van der Waals surface area contributed by atoms with Gasteiger partial charge in [-0.25, -0.2) is 9.18 Å². The Morgan fingerprint density at radius 1 is 1.03 bits per heavy atom. The van der Waals surface area contributed by atoms with Crippen LogP contribution in [-0.2, 0) is 17.6 Å². The van der Waals surface area contributed by atoms with Gasteiger partial charge >= 0.3 is 5.97 Å². The van der Waals surface area contributed by atoms with E-state index in [0.717, 1.165) is 11.3 Å². The van der Waals surface area contributed by atoms with E-state index in [1.54, 1.807) is 47.8 Å². The van der Waals surface area contributed by atoms with Crippen LogP contribution in [0.5, 0.6) is 0 Å². The number of carbonyl (C=O) groups excluding carboxylic acids is 1. The number of rotatable bonds is 7. The smallest absolute Gasteiger partial charge is 0.337 e. The zero-order valence-electron chi connectivity index (χ0n) is 14.8. The molecule has 0 aliphatic carbocycles. The maximum Gasteiger partial charge on any atom is 0.337 e. The van der Waals surface area contributed by atoms with E-state index in [0.29, 0.717) is 26.6 Å². The third-order valence-electron chi connectivity index (χ3n) is 4.37. The first-order valence-corrected chi connectivity index (χ1v) is 10.5. The molecule has 0 bridgehead atoms. The van der Waals surface area contributed by atoms with Gasteiger partial charge in [-0.3, -0.25) is 4.79 Å². The number of carbonyl (C=O) groups is 2. The number of hydrogen-bond donors (Lipinski definition) is 1. The summed E-state index contributed by atoms with van der Waals surface area (Å²) in [6.45, 7) is 0. The Bertz CT molecular complexity index is 1040. The second-order valence-electron chi connectivity index (χ2n) is 6.27. The number of alkyl halides is 1. The third kappa shape index (κ3) is 4.98. The van der Waals surface area contributed by atoms with Crippen molar-refractivity contribution in [1.82, 2.24) is 0 Å². The van der Waals surface area contributed by atoms with Gasteiger partial charge < -0.3 is 5.11 Å². The van der Waals surface area contributed by atoms with E-state index in [1.165, 1.54) is 0 Å². The van der Waals surface area contributed by atoms with Crippen LogP contribution >= 0.6 is 46.1 Å². The highest BCUT2D eigenvalue weighted by molar-refractivity contribution is 7.11. The fraction of sp³-hybridized carbons (Fsp3) is 0.143. The molecule has 8 heteroatoms. The Balaban J connectivity index is 1.83. The molecule has 1 N–H and O–H groups in total. The van der Waals surface area contributed by atoms with Gasteiger partial charge in [-0.2, -0.15) is 0 Å². The second kappa shape index (κ2) is 9.26. The van der Waals surface area contributed by atoms with E-state index < -0.39 is 17.9 Å². The number of hydrogen-bond acceptors (Lipinski definition) is 3. The van der Waals surface area contributed by atoms with Gasteiger partial charge in [0.05, 0.1) is 5.56 Å². The zero-order valence-corrected chi connectivity index (χ0v) is 17.9. The van der Waals surface area contributed by atoms with Crippen molar-refractivity contribution in [3.63, 3.8) is 0 Å². The highest BCUT2D eigenvalue weighted by atomic mass is 35.5. The number of ketones is 1. The average Bonchev–Trinajstić information content (AvgIpc) is 3.09. The van der Waals surface area contributed by atoms with Crippen molar-refractivity contribution >= 4 is 57.9 Å². The van der Waals surface area contributed by atoms with Crippen LogP contribution in [0.4, 0.5) is 4.39 Å². The summed E-state index contributed by atoms with van der Waals surface area (Å²) in [4.78, 5) is 24.5. The van der Waals surface area contributed by atoms with Gasteiger partial charge in [-0.05, 0) is 40.8 Å². The Hall–Kier alpha value is -1.92. The fourth-order valence-electron chi connectivity index (χ4n) is 2.89. The molecule has 0 saturated heterocycles. The van der Waals surface area contributed by atoms with Crippen LogP contribution in [0.25, 0.3) is 11.1 Å². The number of thiophene rings is 1. The van der Waals surface area contributed by atoms with Crippen LogP contribution in [0.15, 0.2) is 47.8 Å². The maximum absolute atomic E-state index is 14.6. The molecule has 2 aromatic carbocycles. The van der Waals surface area contributed by atoms with Gasteiger partial charge in [0.1, 0.15) is 0 Å². The lowest BCUT2D eigenvalue weighted by molar-refractivity contribution is -0.123. The molecule has 3 nitrogen and oxygen atoms in total. The molecule has 0 radical (unpaired) electrons. The van der Waals surface area contributed by atoms with Crippen LogP contribution in [0, 0.1) is 0 Å². The summed E-state index contributed by atoms with van der Waals surface area (Å²) in [5, 5.41) is 12.4. The van der Waals surface area contributed by atoms with Crippen molar-refractivity contribution in [2.75, 3.05) is 0 Å². The molecule has 150 valence electrons. The standard InChI is InChI=1S/C21H14Cl3FO3S/c22-12-6-4-11(5-7-12)14-10-29-19(20(14)21(27)28)9-18(26)17(25)8-13-15(23)2-1-3-16(13)24/h1-7,10,17H,8-9H2,(H,27,28). The van der Waals surface area contributed by atoms with Gasteiger partial charge in [0.25, 0.3) is 0 Å². The molecule has 1 heterocycles. The maximum atomic E-state index is 14.6. The number of aromatic carboxylic acids is 1. The minimum atomic E-state index is -1.85. The summed E-state index contributed by atoms with van der Waals surface area (Å²) >= 11 is 19.1. The molecule has 0 aliphatic heterocycles. The third-order valence-corrected chi connectivity index (χ3v) is 6.31. The number of halogens is 4. The van der Waals surface area contributed by atoms with Crippen molar-refractivity contribution in [2.24, 2.45) is 0 Å². The summed E-state index contributed by atoms with van der Waals surface area (Å²) < 4.78 is 14.6. The van der Waals surface area contributed by atoms with Crippen molar-refractivity contribution in [1.29, 1.82) is 0 Å². The van der Waals surface area contributed by atoms with Gasteiger partial charge in [0, 0.05) is 38.4 Å². The van der Waals surface area contributed by atoms with Crippen molar-refractivity contribution in [3.8, 4) is 11.1 Å². The first-order valence-electron chi connectivity index (χ1n) is 8.47. The van der Waals surface area contributed by atoms with Gasteiger partial charge in [0.2, 0.25) is 0 Å². The van der Waals surface area contributed by atoms with E-state index in [9.17, 15) is 19.1 Å². The Labute approximate surface area is 185 Å². The van der Waals surface area contributed by atoms with E-state index in [-0.39, 0.29) is 28.5 Å². The van der Waals surface area contributed by atoms with Crippen LogP contribution in [0.1, 0.15) is 20.8 Å². The van der Waals surface area contributed by atoms with Crippen LogP contribution in [0.3, 0.4) is 0 Å². The molecular formula is C21H14Cl3FO3S. The van der Waals surface area contributed by atoms with Gasteiger partial charge in [-0.15, -0.1) is 11.3 Å². The van der Waals surface area contributed by atoms with Gasteiger partial charge in [-0.1, -0.05) is 53.0 Å². The van der Waals surface area contributed by atoms with E-state index in [4.69, 9.17) is 34.8 Å². The number of carboxylic acids is 1. The normalized spacial score (nSPS) is 12.0. The molecule has 0 aliphatic rings. The lowest BCUT2D eigenvalue weighted by Crippen LogP contribution is -2.21. The predicted octanol–water partition coefficient (Wildman–Crippen LogP) is 6.77. The Morgan fingerprint density at radius 2 is 1.66 bits per heavy atom. The first kappa shape index (κ1) is 21.8. The SMILES string of the molecule is O=C(O)c1c(-c2ccc(Cl)cc2)csc1CC(=O)C(F)Cc1c(Cl)cccc1Cl. The molecule has 1 unspecified atom stereocenters. The molecule has 1 aromatic heterocycles. The number of Topliss-reactive ketones (excluding diaryl/α,β-unsaturated/α-hetero) is 1. The summed E-state index contributed by atoms with van der Waals surface area (Å²) in [5.41, 5.74) is 1.46. The molecular weight excluding hydrogens is 458 g/mol. The first-order chi connectivity index (χ1) is 13.8. The minimum absolute atomic E-state index is 0.00588. The van der Waals surface area contributed by atoms with Crippen LogP contribution in [0.2, 0.25) is 15.1 Å². The van der Waals surface area contributed by atoms with E-state index >= 15 is 0 Å². The van der Waals surface area contributed by atoms with Crippen LogP contribution < -0.4 is 0 Å². The summed E-state index contributed by atoms with van der Waals surface area (Å²) in [7, 11) is 0. The summed E-state index contributed by atoms with van der Waals surface area (Å²) in [6.07, 6.45) is -2.45. The minimum Gasteiger partial charge on any atom is -0.478 e. The lowest BCUT2D eigenvalue weighted by atomic mass is 9.99. The van der Waals surface area contributed by atoms with Crippen molar-refractivity contribution < 1.29 is 19.1 Å². The van der Waals surface area contributed by atoms with E-state index in [2.05, 4.69) is 0 Å². The monoisotopic (exact) mass is 470 g/mol. The molecule has 0 fully saturated rings. The Morgan fingerprint density at radius 3 is 2.24 bits per heavy atom. The largest absolute Gasteiger partial charge is 0.478 e. The molecule has 0 amide bonds. The van der Waals surface area contributed by atoms with Gasteiger partial charge in [0.15, 0.2) is 12.0 Å². The molecule has 0 spiro atoms. The zero-order chi connectivity index (χ0) is 21.1. The average molecular weight is 472 g/mol. The second-order valence-corrected chi connectivity index (χ2v) is 8.49. The highest BCUT2D eigenvalue weighted by Gasteiger charge is 2.26. The molecule has 29 heavy (non-hydrogen) atoms. The molecule has 3 aromatic rings. The highest BCUT2D eigenvalue weighted by Crippen LogP contribution is 2.34. The predicted molar refractivity (Wildman–Crippen MR) is 115 cm³/mol. The van der Waals surface area contributed by atoms with E-state index in [1.807, 2.05) is 0 Å². The van der Waals surface area contributed by atoms with Crippen molar-refractivity contribution in [3.05, 3.63) is 78.9 Å². The molecule has 1 atom stereocenters. The quantitative estimate of drug-likeness (QED) is 0.414. The summed E-state index contributed by atoms with van der Waals surface area (Å²) in [5.74, 6) is -1.91.